The van der Waals surface area contributed by atoms with E-state index < -0.39 is 6.10 Å². The minimum atomic E-state index is -0.514. The van der Waals surface area contributed by atoms with Crippen LogP contribution in [0, 0.1) is 11.8 Å². The maximum Gasteiger partial charge on any atom is 0.138 e. The molecule has 1 aliphatic carbocycles. The van der Waals surface area contributed by atoms with Crippen LogP contribution >= 0.6 is 0 Å². The summed E-state index contributed by atoms with van der Waals surface area (Å²) >= 11 is 0. The monoisotopic (exact) mass is 393 g/mol. The summed E-state index contributed by atoms with van der Waals surface area (Å²) in [7, 11) is 0. The van der Waals surface area contributed by atoms with E-state index in [9.17, 15) is 5.11 Å². The van der Waals surface area contributed by atoms with Gasteiger partial charge in [0.15, 0.2) is 0 Å². The molecule has 0 bridgehead atoms. The first kappa shape index (κ1) is 20.6. The van der Waals surface area contributed by atoms with Crippen LogP contribution in [0.15, 0.2) is 54.6 Å². The average Bonchev–Trinajstić information content (AvgIpc) is 2.70. The molecule has 1 N–H and O–H groups in total. The predicted octanol–water partition coefficient (Wildman–Crippen LogP) is 5.85. The van der Waals surface area contributed by atoms with Crippen molar-refractivity contribution < 1.29 is 9.84 Å². The number of fused-ring (bicyclic) bond motifs is 1. The fourth-order valence-electron chi connectivity index (χ4n) is 5.47. The zero-order valence-electron chi connectivity index (χ0n) is 18.2. The lowest BCUT2D eigenvalue weighted by Gasteiger charge is -2.57. The second kappa shape index (κ2) is 8.22. The lowest BCUT2D eigenvalue weighted by atomic mass is 9.69. The van der Waals surface area contributed by atoms with Gasteiger partial charge in [-0.05, 0) is 50.7 Å². The molecule has 1 heterocycles. The van der Waals surface area contributed by atoms with E-state index in [2.05, 4.69) is 68.1 Å². The van der Waals surface area contributed by atoms with Gasteiger partial charge in [-0.1, -0.05) is 67.9 Å². The summed E-state index contributed by atoms with van der Waals surface area (Å²) in [5, 5.41) is 10.4. The van der Waals surface area contributed by atoms with Gasteiger partial charge in [0.25, 0.3) is 0 Å². The van der Waals surface area contributed by atoms with Crippen molar-refractivity contribution in [3.8, 4) is 0 Å². The Morgan fingerprint density at radius 1 is 1.07 bits per heavy atom. The number of hydrogen-bond acceptors (Lipinski definition) is 3. The molecule has 2 aromatic carbocycles. The molecule has 5 atom stereocenters. The highest BCUT2D eigenvalue weighted by atomic mass is 16.5. The van der Waals surface area contributed by atoms with Crippen LogP contribution in [0.1, 0.15) is 76.0 Å². The first-order valence-electron chi connectivity index (χ1n) is 11.1. The van der Waals surface area contributed by atoms with Gasteiger partial charge >= 0.3 is 0 Å². The van der Waals surface area contributed by atoms with E-state index in [1.54, 1.807) is 0 Å². The molecule has 1 saturated carbocycles. The third-order valence-electron chi connectivity index (χ3n) is 7.20. The fraction of sp³-hybridized carbons (Fsp3) is 0.538. The van der Waals surface area contributed by atoms with E-state index in [1.165, 1.54) is 18.4 Å². The molecule has 0 spiro atoms. The van der Waals surface area contributed by atoms with Gasteiger partial charge in [-0.25, -0.2) is 0 Å². The highest BCUT2D eigenvalue weighted by Crippen LogP contribution is 2.50. The molecule has 4 rings (SSSR count). The molecule has 3 heteroatoms. The molecule has 1 aliphatic heterocycles. The Labute approximate surface area is 175 Å². The maximum absolute atomic E-state index is 10.4. The van der Waals surface area contributed by atoms with Crippen molar-refractivity contribution in [3.05, 3.63) is 71.3 Å². The quantitative estimate of drug-likeness (QED) is 0.707. The van der Waals surface area contributed by atoms with E-state index in [0.29, 0.717) is 11.8 Å². The molecule has 0 aromatic heterocycles. The lowest BCUT2D eigenvalue weighted by Crippen LogP contribution is -2.61. The highest BCUT2D eigenvalue weighted by Gasteiger charge is 2.51. The number of nitrogens with zero attached hydrogens (tertiary/aromatic N) is 1. The van der Waals surface area contributed by atoms with Gasteiger partial charge in [-0.3, -0.25) is 4.90 Å². The predicted molar refractivity (Wildman–Crippen MR) is 117 cm³/mol. The third-order valence-corrected chi connectivity index (χ3v) is 7.20. The molecule has 1 saturated heterocycles. The summed E-state index contributed by atoms with van der Waals surface area (Å²) in [5.41, 5.74) is 3.37. The second-order valence-corrected chi connectivity index (χ2v) is 9.62. The van der Waals surface area contributed by atoms with Gasteiger partial charge in [-0.15, -0.1) is 0 Å². The van der Waals surface area contributed by atoms with Crippen molar-refractivity contribution in [2.24, 2.45) is 11.8 Å². The summed E-state index contributed by atoms with van der Waals surface area (Å²) in [6.45, 7) is 9.82. The SMILES string of the molecule is C[C@@H]1CC[C@@H]2[C@@H](C1)O[C@@H](c1ccccc1[C@@H](C)O)N(Cc1ccccc1)C2(C)C. The summed E-state index contributed by atoms with van der Waals surface area (Å²) < 4.78 is 6.87. The Bertz CT molecular complexity index is 816. The first-order valence-corrected chi connectivity index (χ1v) is 11.1. The normalized spacial score (nSPS) is 30.5. The summed E-state index contributed by atoms with van der Waals surface area (Å²) in [6, 6.07) is 18.9. The zero-order chi connectivity index (χ0) is 20.6. The summed E-state index contributed by atoms with van der Waals surface area (Å²) in [6.07, 6.45) is 3.23. The Morgan fingerprint density at radius 3 is 2.48 bits per heavy atom. The number of hydrogen-bond donors (Lipinski definition) is 1. The molecule has 2 aliphatic rings. The largest absolute Gasteiger partial charge is 0.389 e. The summed E-state index contributed by atoms with van der Waals surface area (Å²) in [5.74, 6) is 1.23. The molecular weight excluding hydrogens is 358 g/mol. The molecule has 2 aromatic rings. The van der Waals surface area contributed by atoms with Crippen molar-refractivity contribution >= 4 is 0 Å². The molecule has 3 nitrogen and oxygen atoms in total. The minimum absolute atomic E-state index is 0.00930. The highest BCUT2D eigenvalue weighted by molar-refractivity contribution is 5.32. The molecule has 0 unspecified atom stereocenters. The number of rotatable bonds is 4. The van der Waals surface area contributed by atoms with Gasteiger partial charge in [0.2, 0.25) is 0 Å². The minimum Gasteiger partial charge on any atom is -0.389 e. The molecule has 29 heavy (non-hydrogen) atoms. The van der Waals surface area contributed by atoms with E-state index in [1.807, 2.05) is 19.1 Å². The Kier molecular flexibility index (Phi) is 5.83. The van der Waals surface area contributed by atoms with Gasteiger partial charge < -0.3 is 9.84 Å². The van der Waals surface area contributed by atoms with Crippen molar-refractivity contribution in [1.82, 2.24) is 4.90 Å². The number of aliphatic hydroxyl groups is 1. The van der Waals surface area contributed by atoms with E-state index in [4.69, 9.17) is 4.74 Å². The number of benzene rings is 2. The van der Waals surface area contributed by atoms with E-state index in [0.717, 1.165) is 24.1 Å². The van der Waals surface area contributed by atoms with E-state index in [-0.39, 0.29) is 17.9 Å². The number of aliphatic hydroxyl groups excluding tert-OH is 1. The van der Waals surface area contributed by atoms with Gasteiger partial charge in [0.05, 0.1) is 12.2 Å². The fourth-order valence-corrected chi connectivity index (χ4v) is 5.47. The van der Waals surface area contributed by atoms with Crippen molar-refractivity contribution in [2.45, 2.75) is 77.5 Å². The lowest BCUT2D eigenvalue weighted by molar-refractivity contribution is -0.241. The molecular formula is C26H35NO2. The Hall–Kier alpha value is -1.68. The topological polar surface area (TPSA) is 32.7 Å². The van der Waals surface area contributed by atoms with Crippen LogP contribution < -0.4 is 0 Å². The van der Waals surface area contributed by atoms with Crippen molar-refractivity contribution in [2.75, 3.05) is 0 Å². The molecule has 156 valence electrons. The maximum atomic E-state index is 10.4. The standard InChI is InChI=1S/C26H35NO2/c1-18-14-15-23-24(16-18)29-25(22-13-9-8-12-21(22)19(2)28)27(26(23,3)4)17-20-10-6-5-7-11-20/h5-13,18-19,23-25,28H,14-17H2,1-4H3/t18-,19-,23-,24-,25+/m1/s1. The van der Waals surface area contributed by atoms with Crippen LogP contribution in [0.3, 0.4) is 0 Å². The van der Waals surface area contributed by atoms with Crippen LogP contribution in [0.25, 0.3) is 0 Å². The van der Waals surface area contributed by atoms with Crippen LogP contribution in [0.2, 0.25) is 0 Å². The third kappa shape index (κ3) is 4.01. The average molecular weight is 394 g/mol. The van der Waals surface area contributed by atoms with Crippen molar-refractivity contribution in [3.63, 3.8) is 0 Å². The van der Waals surface area contributed by atoms with Crippen molar-refractivity contribution in [1.29, 1.82) is 0 Å². The molecule has 2 fully saturated rings. The van der Waals surface area contributed by atoms with Gasteiger partial charge in [0.1, 0.15) is 6.23 Å². The number of ether oxygens (including phenoxy) is 1. The summed E-state index contributed by atoms with van der Waals surface area (Å²) in [4.78, 5) is 2.53. The molecule has 0 amide bonds. The van der Waals surface area contributed by atoms with Gasteiger partial charge in [0, 0.05) is 23.6 Å². The van der Waals surface area contributed by atoms with Crippen LogP contribution in [0.5, 0.6) is 0 Å². The first-order chi connectivity index (χ1) is 13.9. The van der Waals surface area contributed by atoms with Crippen LogP contribution in [-0.2, 0) is 11.3 Å². The van der Waals surface area contributed by atoms with E-state index >= 15 is 0 Å². The Morgan fingerprint density at radius 2 is 1.76 bits per heavy atom. The Balaban J connectivity index is 1.77. The van der Waals surface area contributed by atoms with Crippen LogP contribution in [0.4, 0.5) is 0 Å². The zero-order valence-corrected chi connectivity index (χ0v) is 18.2. The second-order valence-electron chi connectivity index (χ2n) is 9.62. The van der Waals surface area contributed by atoms with Gasteiger partial charge in [-0.2, -0.15) is 0 Å². The van der Waals surface area contributed by atoms with Crippen LogP contribution in [-0.4, -0.2) is 21.6 Å². The molecule has 0 radical (unpaired) electrons. The smallest absolute Gasteiger partial charge is 0.138 e.